The zero-order chi connectivity index (χ0) is 15.7. The molecule has 1 saturated heterocycles. The molecular weight excluding hydrogens is 262 g/mol. The SMILES string of the molecule is CCCCCC(C)NC(=O)CN1CCC(CC)CC1CN. The zero-order valence-corrected chi connectivity index (χ0v) is 14.2. The lowest BCUT2D eigenvalue weighted by Gasteiger charge is -2.38. The fraction of sp³-hybridized carbons (Fsp3) is 0.941. The molecular formula is C17H35N3O. The summed E-state index contributed by atoms with van der Waals surface area (Å²) in [6, 6.07) is 0.665. The molecule has 1 aliphatic heterocycles. The second kappa shape index (κ2) is 10.2. The van der Waals surface area contributed by atoms with E-state index in [2.05, 4.69) is 31.0 Å². The first-order valence-corrected chi connectivity index (χ1v) is 8.84. The predicted octanol–water partition coefficient (Wildman–Crippen LogP) is 2.52. The molecule has 0 radical (unpaired) electrons. The summed E-state index contributed by atoms with van der Waals surface area (Å²) < 4.78 is 0. The molecule has 4 nitrogen and oxygen atoms in total. The van der Waals surface area contributed by atoms with E-state index in [-0.39, 0.29) is 11.9 Å². The summed E-state index contributed by atoms with van der Waals surface area (Å²) in [5, 5.41) is 3.13. The monoisotopic (exact) mass is 297 g/mol. The van der Waals surface area contributed by atoms with E-state index in [1.807, 2.05) is 0 Å². The Morgan fingerprint density at radius 1 is 1.38 bits per heavy atom. The summed E-state index contributed by atoms with van der Waals surface area (Å²) in [4.78, 5) is 14.5. The second-order valence-electron chi connectivity index (χ2n) is 6.62. The highest BCUT2D eigenvalue weighted by Gasteiger charge is 2.28. The maximum Gasteiger partial charge on any atom is 0.234 e. The molecule has 0 saturated carbocycles. The highest BCUT2D eigenvalue weighted by atomic mass is 16.2. The van der Waals surface area contributed by atoms with E-state index in [1.54, 1.807) is 0 Å². The topological polar surface area (TPSA) is 58.4 Å². The molecule has 0 aromatic rings. The van der Waals surface area contributed by atoms with Crippen LogP contribution in [0.2, 0.25) is 0 Å². The Balaban J connectivity index is 2.32. The second-order valence-corrected chi connectivity index (χ2v) is 6.62. The number of likely N-dealkylation sites (tertiary alicyclic amines) is 1. The van der Waals surface area contributed by atoms with E-state index in [9.17, 15) is 4.79 Å². The van der Waals surface area contributed by atoms with Gasteiger partial charge in [-0.3, -0.25) is 9.69 Å². The van der Waals surface area contributed by atoms with Gasteiger partial charge < -0.3 is 11.1 Å². The van der Waals surface area contributed by atoms with Gasteiger partial charge in [0.25, 0.3) is 0 Å². The Morgan fingerprint density at radius 2 is 2.14 bits per heavy atom. The van der Waals surface area contributed by atoms with Crippen LogP contribution in [0.1, 0.15) is 65.7 Å². The van der Waals surface area contributed by atoms with Crippen molar-refractivity contribution < 1.29 is 4.79 Å². The number of unbranched alkanes of at least 4 members (excludes halogenated alkanes) is 2. The van der Waals surface area contributed by atoms with Crippen LogP contribution in [0.4, 0.5) is 0 Å². The van der Waals surface area contributed by atoms with Gasteiger partial charge >= 0.3 is 0 Å². The van der Waals surface area contributed by atoms with Crippen molar-refractivity contribution in [2.45, 2.75) is 77.8 Å². The predicted molar refractivity (Wildman–Crippen MR) is 89.2 cm³/mol. The molecule has 0 spiro atoms. The number of amides is 1. The van der Waals surface area contributed by atoms with Crippen molar-refractivity contribution in [2.75, 3.05) is 19.6 Å². The highest BCUT2D eigenvalue weighted by Crippen LogP contribution is 2.24. The minimum atomic E-state index is 0.160. The van der Waals surface area contributed by atoms with Crippen LogP contribution in [-0.4, -0.2) is 42.5 Å². The first kappa shape index (κ1) is 18.4. The molecule has 1 amide bonds. The van der Waals surface area contributed by atoms with E-state index in [1.165, 1.54) is 32.1 Å². The maximum atomic E-state index is 12.2. The Kier molecular flexibility index (Phi) is 8.93. The van der Waals surface area contributed by atoms with Crippen molar-refractivity contribution in [1.82, 2.24) is 10.2 Å². The molecule has 0 aliphatic carbocycles. The average molecular weight is 297 g/mol. The number of nitrogens with two attached hydrogens (primary N) is 1. The molecule has 1 aliphatic rings. The van der Waals surface area contributed by atoms with Gasteiger partial charge in [0.15, 0.2) is 0 Å². The molecule has 1 heterocycles. The van der Waals surface area contributed by atoms with Crippen molar-refractivity contribution in [3.8, 4) is 0 Å². The molecule has 21 heavy (non-hydrogen) atoms. The molecule has 1 rings (SSSR count). The molecule has 0 bridgehead atoms. The molecule has 1 fully saturated rings. The Labute approximate surface area is 130 Å². The summed E-state index contributed by atoms with van der Waals surface area (Å²) in [6.07, 6.45) is 8.33. The molecule has 4 heteroatoms. The van der Waals surface area contributed by atoms with Crippen molar-refractivity contribution in [1.29, 1.82) is 0 Å². The third-order valence-electron chi connectivity index (χ3n) is 4.79. The minimum Gasteiger partial charge on any atom is -0.353 e. The van der Waals surface area contributed by atoms with Gasteiger partial charge in [-0.15, -0.1) is 0 Å². The van der Waals surface area contributed by atoms with Crippen LogP contribution in [0, 0.1) is 5.92 Å². The summed E-state index contributed by atoms with van der Waals surface area (Å²) in [5.74, 6) is 0.943. The van der Waals surface area contributed by atoms with Crippen molar-refractivity contribution in [3.63, 3.8) is 0 Å². The van der Waals surface area contributed by atoms with Crippen LogP contribution in [0.5, 0.6) is 0 Å². The van der Waals surface area contributed by atoms with Crippen molar-refractivity contribution in [2.24, 2.45) is 11.7 Å². The van der Waals surface area contributed by atoms with Gasteiger partial charge in [-0.25, -0.2) is 0 Å². The van der Waals surface area contributed by atoms with Crippen LogP contribution in [0.25, 0.3) is 0 Å². The van der Waals surface area contributed by atoms with Gasteiger partial charge in [-0.05, 0) is 38.6 Å². The standard InChI is InChI=1S/C17H35N3O/c1-4-6-7-8-14(3)19-17(21)13-20-10-9-15(5-2)11-16(20)12-18/h14-16H,4-13,18H2,1-3H3,(H,19,21). The average Bonchev–Trinajstić information content (AvgIpc) is 2.47. The number of piperidine rings is 1. The number of carbonyl (C=O) groups is 1. The van der Waals surface area contributed by atoms with Crippen LogP contribution in [0.15, 0.2) is 0 Å². The number of carbonyl (C=O) groups excluding carboxylic acids is 1. The molecule has 3 unspecified atom stereocenters. The van der Waals surface area contributed by atoms with Crippen LogP contribution in [0.3, 0.4) is 0 Å². The number of hydrogen-bond donors (Lipinski definition) is 2. The largest absolute Gasteiger partial charge is 0.353 e. The fourth-order valence-corrected chi connectivity index (χ4v) is 3.28. The van der Waals surface area contributed by atoms with Gasteiger partial charge in [-0.1, -0.05) is 39.5 Å². The third kappa shape index (κ3) is 6.79. The number of nitrogens with zero attached hydrogens (tertiary/aromatic N) is 1. The van der Waals surface area contributed by atoms with Gasteiger partial charge in [0.05, 0.1) is 6.54 Å². The summed E-state index contributed by atoms with van der Waals surface area (Å²) in [5.41, 5.74) is 5.90. The number of hydrogen-bond acceptors (Lipinski definition) is 3. The Hall–Kier alpha value is -0.610. The number of rotatable bonds is 9. The van der Waals surface area contributed by atoms with E-state index in [0.29, 0.717) is 19.1 Å². The van der Waals surface area contributed by atoms with Crippen LogP contribution < -0.4 is 11.1 Å². The van der Waals surface area contributed by atoms with E-state index in [4.69, 9.17) is 5.73 Å². The van der Waals surface area contributed by atoms with Gasteiger partial charge in [0, 0.05) is 18.6 Å². The summed E-state index contributed by atoms with van der Waals surface area (Å²) in [6.45, 7) is 8.75. The van der Waals surface area contributed by atoms with Crippen molar-refractivity contribution >= 4 is 5.91 Å². The van der Waals surface area contributed by atoms with Crippen LogP contribution >= 0.6 is 0 Å². The molecule has 0 aromatic carbocycles. The first-order chi connectivity index (χ1) is 10.1. The third-order valence-corrected chi connectivity index (χ3v) is 4.79. The molecule has 0 aromatic heterocycles. The van der Waals surface area contributed by atoms with Gasteiger partial charge in [-0.2, -0.15) is 0 Å². The maximum absolute atomic E-state index is 12.2. The van der Waals surface area contributed by atoms with E-state index >= 15 is 0 Å². The quantitative estimate of drug-likeness (QED) is 0.643. The van der Waals surface area contributed by atoms with Crippen molar-refractivity contribution in [3.05, 3.63) is 0 Å². The Bertz CT molecular complexity index is 296. The van der Waals surface area contributed by atoms with E-state index < -0.39 is 0 Å². The fourth-order valence-electron chi connectivity index (χ4n) is 3.28. The lowest BCUT2D eigenvalue weighted by atomic mass is 9.89. The molecule has 3 N–H and O–H groups in total. The molecule has 3 atom stereocenters. The Morgan fingerprint density at radius 3 is 2.76 bits per heavy atom. The smallest absolute Gasteiger partial charge is 0.234 e. The zero-order valence-electron chi connectivity index (χ0n) is 14.2. The first-order valence-electron chi connectivity index (χ1n) is 8.84. The normalized spacial score (nSPS) is 24.8. The lowest BCUT2D eigenvalue weighted by Crippen LogP contribution is -2.51. The molecule has 124 valence electrons. The summed E-state index contributed by atoms with van der Waals surface area (Å²) >= 11 is 0. The lowest BCUT2D eigenvalue weighted by molar-refractivity contribution is -0.124. The van der Waals surface area contributed by atoms with Gasteiger partial charge in [0.2, 0.25) is 5.91 Å². The van der Waals surface area contributed by atoms with Crippen LogP contribution in [-0.2, 0) is 4.79 Å². The van der Waals surface area contributed by atoms with E-state index in [0.717, 1.165) is 25.3 Å². The highest BCUT2D eigenvalue weighted by molar-refractivity contribution is 5.78. The van der Waals surface area contributed by atoms with Gasteiger partial charge in [0.1, 0.15) is 0 Å². The number of nitrogens with one attached hydrogen (secondary N) is 1. The minimum absolute atomic E-state index is 0.160. The summed E-state index contributed by atoms with van der Waals surface area (Å²) in [7, 11) is 0.